The molecule has 0 saturated carbocycles. The molecule has 1 N–H and O–H groups in total. The van der Waals surface area contributed by atoms with E-state index in [4.69, 9.17) is 4.74 Å². The summed E-state index contributed by atoms with van der Waals surface area (Å²) in [6.07, 6.45) is 0.910. The fourth-order valence-electron chi connectivity index (χ4n) is 2.31. The maximum absolute atomic E-state index is 10.7. The number of benzene rings is 2. The number of rotatable bonds is 6. The SMILES string of the molecule is O=[N+]([O-])c1cccc(OC[C@H](O)Cn2cnc3ccccc32)c1. The summed E-state index contributed by atoms with van der Waals surface area (Å²) in [5, 5.41) is 20.8. The average Bonchev–Trinajstić information content (AvgIpc) is 2.96. The Morgan fingerprint density at radius 1 is 1.26 bits per heavy atom. The number of imidazole rings is 1. The van der Waals surface area contributed by atoms with Crippen LogP contribution >= 0.6 is 0 Å². The van der Waals surface area contributed by atoms with Gasteiger partial charge in [0.1, 0.15) is 18.5 Å². The van der Waals surface area contributed by atoms with Crippen molar-refractivity contribution in [2.45, 2.75) is 12.6 Å². The fourth-order valence-corrected chi connectivity index (χ4v) is 2.31. The Kier molecular flexibility index (Phi) is 4.20. The predicted molar refractivity (Wildman–Crippen MR) is 84.3 cm³/mol. The first kappa shape index (κ1) is 15.0. The summed E-state index contributed by atoms with van der Waals surface area (Å²) in [4.78, 5) is 14.5. The van der Waals surface area contributed by atoms with Crippen molar-refractivity contribution in [1.82, 2.24) is 9.55 Å². The highest BCUT2D eigenvalue weighted by Gasteiger charge is 2.11. The van der Waals surface area contributed by atoms with Crippen LogP contribution in [0.4, 0.5) is 5.69 Å². The minimum atomic E-state index is -0.758. The number of nitro groups is 1. The number of non-ortho nitro benzene ring substituents is 1. The van der Waals surface area contributed by atoms with E-state index in [0.29, 0.717) is 12.3 Å². The standard InChI is InChI=1S/C16H15N3O4/c20-13(9-18-11-17-15-6-1-2-7-16(15)18)10-23-14-5-3-4-12(8-14)19(21)22/h1-8,11,13,20H,9-10H2/t13-/m1/s1. The van der Waals surface area contributed by atoms with E-state index >= 15 is 0 Å². The molecule has 0 unspecified atom stereocenters. The summed E-state index contributed by atoms with van der Waals surface area (Å²) < 4.78 is 7.28. The van der Waals surface area contributed by atoms with Crippen LogP contribution in [0.25, 0.3) is 11.0 Å². The van der Waals surface area contributed by atoms with Crippen LogP contribution in [0.5, 0.6) is 5.75 Å². The number of fused-ring (bicyclic) bond motifs is 1. The molecule has 0 radical (unpaired) electrons. The number of aliphatic hydroxyl groups is 1. The zero-order valence-corrected chi connectivity index (χ0v) is 12.2. The molecule has 118 valence electrons. The van der Waals surface area contributed by atoms with Crippen LogP contribution in [0.15, 0.2) is 54.9 Å². The van der Waals surface area contributed by atoms with Gasteiger partial charge in [0.05, 0.1) is 34.9 Å². The summed E-state index contributed by atoms with van der Waals surface area (Å²) >= 11 is 0. The second-order valence-corrected chi connectivity index (χ2v) is 5.10. The van der Waals surface area contributed by atoms with Gasteiger partial charge >= 0.3 is 0 Å². The van der Waals surface area contributed by atoms with E-state index in [1.165, 1.54) is 12.1 Å². The molecule has 3 rings (SSSR count). The molecule has 2 aromatic carbocycles. The molecule has 0 saturated heterocycles. The van der Waals surface area contributed by atoms with Gasteiger partial charge in [-0.1, -0.05) is 18.2 Å². The number of aliphatic hydroxyl groups excluding tert-OH is 1. The Bertz CT molecular complexity index is 831. The summed E-state index contributed by atoms with van der Waals surface area (Å²) in [7, 11) is 0. The summed E-state index contributed by atoms with van der Waals surface area (Å²) in [6, 6.07) is 13.5. The number of aromatic nitrogens is 2. The van der Waals surface area contributed by atoms with Crippen LogP contribution in [-0.2, 0) is 6.54 Å². The van der Waals surface area contributed by atoms with E-state index in [0.717, 1.165) is 11.0 Å². The minimum absolute atomic E-state index is 0.0354. The largest absolute Gasteiger partial charge is 0.491 e. The first-order valence-electron chi connectivity index (χ1n) is 7.08. The van der Waals surface area contributed by atoms with Gasteiger partial charge in [-0.2, -0.15) is 0 Å². The minimum Gasteiger partial charge on any atom is -0.491 e. The maximum atomic E-state index is 10.7. The lowest BCUT2D eigenvalue weighted by molar-refractivity contribution is -0.384. The van der Waals surface area contributed by atoms with Gasteiger partial charge < -0.3 is 14.4 Å². The van der Waals surface area contributed by atoms with Crippen molar-refractivity contribution in [3.63, 3.8) is 0 Å². The second-order valence-electron chi connectivity index (χ2n) is 5.10. The number of para-hydroxylation sites is 2. The van der Waals surface area contributed by atoms with Crippen molar-refractivity contribution in [3.05, 3.63) is 65.0 Å². The molecule has 7 nitrogen and oxygen atoms in total. The van der Waals surface area contributed by atoms with Gasteiger partial charge in [0.2, 0.25) is 0 Å². The third-order valence-corrected chi connectivity index (χ3v) is 3.41. The zero-order chi connectivity index (χ0) is 16.2. The number of nitro benzene ring substituents is 1. The van der Waals surface area contributed by atoms with Crippen LogP contribution in [0.3, 0.4) is 0 Å². The average molecular weight is 313 g/mol. The normalized spacial score (nSPS) is 12.2. The maximum Gasteiger partial charge on any atom is 0.273 e. The number of hydrogen-bond donors (Lipinski definition) is 1. The van der Waals surface area contributed by atoms with Gasteiger partial charge in [-0.15, -0.1) is 0 Å². The van der Waals surface area contributed by atoms with E-state index in [-0.39, 0.29) is 12.3 Å². The van der Waals surface area contributed by atoms with Crippen LogP contribution in [0, 0.1) is 10.1 Å². The molecule has 23 heavy (non-hydrogen) atoms. The van der Waals surface area contributed by atoms with Gasteiger partial charge in [-0.05, 0) is 18.2 Å². The van der Waals surface area contributed by atoms with E-state index in [9.17, 15) is 15.2 Å². The van der Waals surface area contributed by atoms with Gasteiger partial charge in [0, 0.05) is 6.07 Å². The van der Waals surface area contributed by atoms with Crippen molar-refractivity contribution >= 4 is 16.7 Å². The van der Waals surface area contributed by atoms with Crippen molar-refractivity contribution in [2.75, 3.05) is 6.61 Å². The van der Waals surface area contributed by atoms with Crippen molar-refractivity contribution in [2.24, 2.45) is 0 Å². The molecular formula is C16H15N3O4. The van der Waals surface area contributed by atoms with E-state index in [1.807, 2.05) is 28.8 Å². The van der Waals surface area contributed by atoms with Gasteiger partial charge in [0.15, 0.2) is 0 Å². The Hall–Kier alpha value is -2.93. The molecule has 0 aliphatic rings. The highest BCUT2D eigenvalue weighted by molar-refractivity contribution is 5.74. The molecule has 3 aromatic rings. The van der Waals surface area contributed by atoms with Crippen LogP contribution in [0.1, 0.15) is 0 Å². The molecule has 1 atom stereocenters. The Morgan fingerprint density at radius 3 is 2.91 bits per heavy atom. The van der Waals surface area contributed by atoms with Crippen molar-refractivity contribution in [3.8, 4) is 5.75 Å². The summed E-state index contributed by atoms with van der Waals surface area (Å²) in [6.45, 7) is 0.364. The lowest BCUT2D eigenvalue weighted by Gasteiger charge is -2.13. The summed E-state index contributed by atoms with van der Waals surface area (Å²) in [5.41, 5.74) is 1.75. The lowest BCUT2D eigenvalue weighted by atomic mass is 10.3. The number of hydrogen-bond acceptors (Lipinski definition) is 5. The van der Waals surface area contributed by atoms with E-state index in [1.54, 1.807) is 18.5 Å². The number of nitrogens with zero attached hydrogens (tertiary/aromatic N) is 3. The van der Waals surface area contributed by atoms with Crippen LogP contribution < -0.4 is 4.74 Å². The van der Waals surface area contributed by atoms with Gasteiger partial charge in [-0.3, -0.25) is 10.1 Å². The Balaban J connectivity index is 1.62. The summed E-state index contributed by atoms with van der Waals surface area (Å²) in [5.74, 6) is 0.355. The predicted octanol–water partition coefficient (Wildman–Crippen LogP) is 2.38. The van der Waals surface area contributed by atoms with Gasteiger partial charge in [0.25, 0.3) is 5.69 Å². The molecule has 0 amide bonds. The number of ether oxygens (including phenoxy) is 1. The Morgan fingerprint density at radius 2 is 2.09 bits per heavy atom. The van der Waals surface area contributed by atoms with Gasteiger partial charge in [-0.25, -0.2) is 4.98 Å². The third-order valence-electron chi connectivity index (χ3n) is 3.41. The molecule has 0 aliphatic carbocycles. The van der Waals surface area contributed by atoms with E-state index < -0.39 is 11.0 Å². The van der Waals surface area contributed by atoms with Crippen molar-refractivity contribution in [1.29, 1.82) is 0 Å². The fraction of sp³-hybridized carbons (Fsp3) is 0.188. The molecule has 0 bridgehead atoms. The molecule has 1 aromatic heterocycles. The van der Waals surface area contributed by atoms with Crippen LogP contribution in [-0.4, -0.2) is 32.3 Å². The molecule has 0 spiro atoms. The highest BCUT2D eigenvalue weighted by atomic mass is 16.6. The zero-order valence-electron chi connectivity index (χ0n) is 12.2. The lowest BCUT2D eigenvalue weighted by Crippen LogP contribution is -2.23. The monoisotopic (exact) mass is 313 g/mol. The first-order valence-corrected chi connectivity index (χ1v) is 7.08. The molecule has 7 heteroatoms. The molecule has 0 fully saturated rings. The quantitative estimate of drug-likeness (QED) is 0.557. The second kappa shape index (κ2) is 6.45. The highest BCUT2D eigenvalue weighted by Crippen LogP contribution is 2.19. The van der Waals surface area contributed by atoms with Crippen molar-refractivity contribution < 1.29 is 14.8 Å². The Labute approximate surface area is 131 Å². The topological polar surface area (TPSA) is 90.4 Å². The molecular weight excluding hydrogens is 298 g/mol. The van der Waals surface area contributed by atoms with Crippen LogP contribution in [0.2, 0.25) is 0 Å². The molecule has 1 heterocycles. The molecule has 0 aliphatic heterocycles. The van der Waals surface area contributed by atoms with E-state index in [2.05, 4.69) is 4.98 Å². The first-order chi connectivity index (χ1) is 11.1. The third kappa shape index (κ3) is 3.46. The smallest absolute Gasteiger partial charge is 0.273 e.